The second-order valence-corrected chi connectivity index (χ2v) is 6.91. The maximum absolute atomic E-state index is 12.3. The summed E-state index contributed by atoms with van der Waals surface area (Å²) >= 11 is 0. The van der Waals surface area contributed by atoms with E-state index in [2.05, 4.69) is 15.3 Å². The van der Waals surface area contributed by atoms with E-state index in [0.717, 1.165) is 11.3 Å². The molecule has 0 bridgehead atoms. The molecule has 31 heavy (non-hydrogen) atoms. The van der Waals surface area contributed by atoms with Crippen LogP contribution >= 0.6 is 0 Å². The van der Waals surface area contributed by atoms with Crippen molar-refractivity contribution >= 4 is 28.8 Å². The number of fused-ring (bicyclic) bond motifs is 1. The molecular weight excluding hydrogens is 396 g/mol. The summed E-state index contributed by atoms with van der Waals surface area (Å²) in [7, 11) is 3.30. The zero-order valence-electron chi connectivity index (χ0n) is 17.4. The molecular formula is C23H24N4O4. The molecule has 3 rings (SSSR count). The highest BCUT2D eigenvalue weighted by Crippen LogP contribution is 2.12. The van der Waals surface area contributed by atoms with Crippen LogP contribution in [0.5, 0.6) is 5.75 Å². The summed E-state index contributed by atoms with van der Waals surface area (Å²) in [6.07, 6.45) is 3.80. The van der Waals surface area contributed by atoms with Crippen LogP contribution in [0.1, 0.15) is 22.6 Å². The van der Waals surface area contributed by atoms with Crippen LogP contribution in [0, 0.1) is 0 Å². The van der Waals surface area contributed by atoms with Crippen LogP contribution in [-0.4, -0.2) is 53.9 Å². The first-order chi connectivity index (χ1) is 15.0. The highest BCUT2D eigenvalue weighted by atomic mass is 16.5. The molecule has 1 heterocycles. The Kier molecular flexibility index (Phi) is 7.16. The molecule has 0 saturated carbocycles. The number of H-pyrrole nitrogens is 1. The SMILES string of the molecule is COc1ccc(C=CC(=O)N(C)CCCNC(=O)c2nc3ccccc3c(=O)[nH]2)cc1. The van der Waals surface area contributed by atoms with E-state index in [4.69, 9.17) is 4.74 Å². The molecule has 0 aliphatic carbocycles. The van der Waals surface area contributed by atoms with Crippen molar-refractivity contribution < 1.29 is 14.3 Å². The molecule has 0 aliphatic heterocycles. The van der Waals surface area contributed by atoms with Crippen LogP contribution in [0.4, 0.5) is 0 Å². The third-order valence-electron chi connectivity index (χ3n) is 4.69. The van der Waals surface area contributed by atoms with Crippen LogP contribution in [-0.2, 0) is 4.79 Å². The number of hydrogen-bond donors (Lipinski definition) is 2. The zero-order chi connectivity index (χ0) is 22.2. The van der Waals surface area contributed by atoms with E-state index in [0.29, 0.717) is 30.4 Å². The number of amides is 2. The summed E-state index contributed by atoms with van der Waals surface area (Å²) in [5, 5.41) is 3.15. The number of rotatable bonds is 8. The molecule has 0 aliphatic rings. The fourth-order valence-corrected chi connectivity index (χ4v) is 2.92. The van der Waals surface area contributed by atoms with E-state index in [1.165, 1.54) is 6.08 Å². The summed E-state index contributed by atoms with van der Waals surface area (Å²) in [6.45, 7) is 0.808. The van der Waals surface area contributed by atoms with E-state index >= 15 is 0 Å². The lowest BCUT2D eigenvalue weighted by Crippen LogP contribution is -2.32. The van der Waals surface area contributed by atoms with Gasteiger partial charge in [-0.25, -0.2) is 4.98 Å². The number of ether oxygens (including phenoxy) is 1. The van der Waals surface area contributed by atoms with Gasteiger partial charge in [0, 0.05) is 26.2 Å². The number of nitrogens with one attached hydrogen (secondary N) is 2. The number of aromatic amines is 1. The molecule has 0 unspecified atom stereocenters. The minimum atomic E-state index is -0.462. The smallest absolute Gasteiger partial charge is 0.287 e. The van der Waals surface area contributed by atoms with Crippen molar-refractivity contribution in [1.82, 2.24) is 20.2 Å². The molecule has 2 aromatic carbocycles. The standard InChI is InChI=1S/C23H24N4O4/c1-27(20(28)13-10-16-8-11-17(31-2)12-9-16)15-5-14-24-23(30)21-25-19-7-4-3-6-18(19)22(29)26-21/h3-4,6-13H,5,14-15H2,1-2H3,(H,24,30)(H,25,26,29). The van der Waals surface area contributed by atoms with Gasteiger partial charge in [0.15, 0.2) is 5.82 Å². The average molecular weight is 420 g/mol. The number of carbonyl (C=O) groups excluding carboxylic acids is 2. The van der Waals surface area contributed by atoms with Gasteiger partial charge in [-0.1, -0.05) is 24.3 Å². The van der Waals surface area contributed by atoms with E-state index in [-0.39, 0.29) is 17.3 Å². The number of benzene rings is 2. The third-order valence-corrected chi connectivity index (χ3v) is 4.69. The first kappa shape index (κ1) is 21.8. The quantitative estimate of drug-likeness (QED) is 0.430. The van der Waals surface area contributed by atoms with Gasteiger partial charge in [-0.15, -0.1) is 0 Å². The minimum Gasteiger partial charge on any atom is -0.497 e. The van der Waals surface area contributed by atoms with Crippen LogP contribution in [0.2, 0.25) is 0 Å². The van der Waals surface area contributed by atoms with Gasteiger partial charge in [-0.2, -0.15) is 0 Å². The monoisotopic (exact) mass is 420 g/mol. The molecule has 8 heteroatoms. The largest absolute Gasteiger partial charge is 0.497 e. The fraction of sp³-hybridized carbons (Fsp3) is 0.217. The topological polar surface area (TPSA) is 104 Å². The molecule has 160 valence electrons. The number of hydrogen-bond acceptors (Lipinski definition) is 5. The van der Waals surface area contributed by atoms with Crippen LogP contribution < -0.4 is 15.6 Å². The molecule has 1 aromatic heterocycles. The van der Waals surface area contributed by atoms with Crippen molar-refractivity contribution in [2.45, 2.75) is 6.42 Å². The highest BCUT2D eigenvalue weighted by molar-refractivity contribution is 5.93. The maximum atomic E-state index is 12.3. The van der Waals surface area contributed by atoms with Crippen molar-refractivity contribution in [3.05, 3.63) is 76.3 Å². The summed E-state index contributed by atoms with van der Waals surface area (Å²) < 4.78 is 5.11. The molecule has 8 nitrogen and oxygen atoms in total. The first-order valence-corrected chi connectivity index (χ1v) is 9.82. The van der Waals surface area contributed by atoms with Gasteiger partial charge in [-0.3, -0.25) is 14.4 Å². The van der Waals surface area contributed by atoms with Gasteiger partial charge in [0.1, 0.15) is 5.75 Å². The van der Waals surface area contributed by atoms with E-state index in [1.807, 2.05) is 24.3 Å². The number of para-hydroxylation sites is 1. The number of methoxy groups -OCH3 is 1. The van der Waals surface area contributed by atoms with E-state index in [1.54, 1.807) is 49.4 Å². The Morgan fingerprint density at radius 2 is 1.90 bits per heavy atom. The summed E-state index contributed by atoms with van der Waals surface area (Å²) in [5.74, 6) is 0.125. The van der Waals surface area contributed by atoms with Gasteiger partial charge >= 0.3 is 0 Å². The Bertz CT molecular complexity index is 1150. The molecule has 2 N–H and O–H groups in total. The normalized spacial score (nSPS) is 10.9. The number of likely N-dealkylation sites (N-methyl/N-ethyl adjacent to an activating group) is 1. The van der Waals surface area contributed by atoms with Crippen molar-refractivity contribution in [3.8, 4) is 5.75 Å². The Labute approximate surface area is 179 Å². The van der Waals surface area contributed by atoms with Crippen molar-refractivity contribution in [2.24, 2.45) is 0 Å². The van der Waals surface area contributed by atoms with Crippen LogP contribution in [0.25, 0.3) is 17.0 Å². The number of carbonyl (C=O) groups is 2. The first-order valence-electron chi connectivity index (χ1n) is 9.82. The van der Waals surface area contributed by atoms with Crippen molar-refractivity contribution in [3.63, 3.8) is 0 Å². The lowest BCUT2D eigenvalue weighted by Gasteiger charge is -2.15. The maximum Gasteiger partial charge on any atom is 0.287 e. The molecule has 0 fully saturated rings. The Balaban J connectivity index is 1.46. The minimum absolute atomic E-state index is 0.0319. The van der Waals surface area contributed by atoms with E-state index < -0.39 is 5.91 Å². The lowest BCUT2D eigenvalue weighted by molar-refractivity contribution is -0.124. The molecule has 0 radical (unpaired) electrons. The van der Waals surface area contributed by atoms with Gasteiger partial charge in [-0.05, 0) is 42.3 Å². The van der Waals surface area contributed by atoms with Gasteiger partial charge in [0.25, 0.3) is 11.5 Å². The Hall–Kier alpha value is -3.94. The molecule has 0 saturated heterocycles. The molecule has 3 aromatic rings. The van der Waals surface area contributed by atoms with Crippen LogP contribution in [0.15, 0.2) is 59.4 Å². The van der Waals surface area contributed by atoms with Crippen molar-refractivity contribution in [2.75, 3.05) is 27.2 Å². The predicted octanol–water partition coefficient (Wildman–Crippen LogP) is 2.22. The fourth-order valence-electron chi connectivity index (χ4n) is 2.92. The van der Waals surface area contributed by atoms with Gasteiger partial charge < -0.3 is 19.9 Å². The molecule has 0 atom stereocenters. The second kappa shape index (κ2) is 10.2. The third kappa shape index (κ3) is 5.79. The summed E-state index contributed by atoms with van der Waals surface area (Å²) in [6, 6.07) is 14.2. The van der Waals surface area contributed by atoms with Crippen LogP contribution in [0.3, 0.4) is 0 Å². The summed E-state index contributed by atoms with van der Waals surface area (Å²) in [4.78, 5) is 44.8. The number of aromatic nitrogens is 2. The van der Waals surface area contributed by atoms with Crippen molar-refractivity contribution in [1.29, 1.82) is 0 Å². The van der Waals surface area contributed by atoms with Gasteiger partial charge in [0.05, 0.1) is 18.0 Å². The summed E-state index contributed by atoms with van der Waals surface area (Å²) in [5.41, 5.74) is 1.00. The van der Waals surface area contributed by atoms with Gasteiger partial charge in [0.2, 0.25) is 5.91 Å². The van der Waals surface area contributed by atoms with E-state index in [9.17, 15) is 14.4 Å². The predicted molar refractivity (Wildman–Crippen MR) is 119 cm³/mol. The average Bonchev–Trinajstić information content (AvgIpc) is 2.80. The molecule has 2 amide bonds. The highest BCUT2D eigenvalue weighted by Gasteiger charge is 2.11. The number of nitrogens with zero attached hydrogens (tertiary/aromatic N) is 2. The zero-order valence-corrected chi connectivity index (χ0v) is 17.4. The Morgan fingerprint density at radius 3 is 2.65 bits per heavy atom. The lowest BCUT2D eigenvalue weighted by atomic mass is 10.2. The second-order valence-electron chi connectivity index (χ2n) is 6.91. The Morgan fingerprint density at radius 1 is 1.16 bits per heavy atom. The molecule has 0 spiro atoms.